The Bertz CT molecular complexity index is 1130. The number of carbonyl (C=O) groups is 2. The average molecular weight is 461 g/mol. The molecule has 0 N–H and O–H groups in total. The van der Waals surface area contributed by atoms with Crippen LogP contribution in [0.15, 0.2) is 47.4 Å². The largest absolute Gasteiger partial charge is 0.496 e. The maximum Gasteiger partial charge on any atom is 0.218 e. The molecular formula is C23H21ClO6S. The molecule has 3 atom stereocenters. The van der Waals surface area contributed by atoms with Crippen molar-refractivity contribution in [2.45, 2.75) is 24.7 Å². The Kier molecular flexibility index (Phi) is 5.66. The first-order chi connectivity index (χ1) is 14.8. The molecule has 0 radical (unpaired) electrons. The molecule has 0 bridgehead atoms. The zero-order chi connectivity index (χ0) is 22.3. The standard InChI is InChI=1S/C23H21ClO6S/c1-13-9-15(25)18(31(27)12-14-7-5-4-6-8-14)11-23(13)22(26)19-16(28-2)10-17(29-3)20(24)21(19)30-23/h4-8,10-11,13H,9,12H2,1-3H3/t13-,23-,31?/m1/s1. The summed E-state index contributed by atoms with van der Waals surface area (Å²) in [5.74, 6) is -0.228. The number of fused-ring (bicyclic) bond motifs is 1. The number of halogens is 1. The molecule has 0 fully saturated rings. The number of ether oxygens (including phenoxy) is 3. The van der Waals surface area contributed by atoms with Gasteiger partial charge in [0.1, 0.15) is 22.1 Å². The second-order valence-corrected chi connectivity index (χ2v) is 9.33. The van der Waals surface area contributed by atoms with Crippen molar-refractivity contribution in [3.8, 4) is 17.2 Å². The van der Waals surface area contributed by atoms with Gasteiger partial charge in [0.15, 0.2) is 17.1 Å². The maximum atomic E-state index is 13.6. The van der Waals surface area contributed by atoms with Crippen molar-refractivity contribution in [3.05, 3.63) is 63.5 Å². The minimum Gasteiger partial charge on any atom is -0.496 e. The number of hydrogen-bond acceptors (Lipinski definition) is 6. The Morgan fingerprint density at radius 3 is 2.48 bits per heavy atom. The number of hydrogen-bond donors (Lipinski definition) is 0. The van der Waals surface area contributed by atoms with E-state index in [0.29, 0.717) is 5.75 Å². The van der Waals surface area contributed by atoms with Gasteiger partial charge in [0.2, 0.25) is 5.78 Å². The lowest BCUT2D eigenvalue weighted by Gasteiger charge is -2.34. The highest BCUT2D eigenvalue weighted by molar-refractivity contribution is 7.89. The number of methoxy groups -OCH3 is 2. The molecule has 1 unspecified atom stereocenters. The van der Waals surface area contributed by atoms with E-state index in [9.17, 15) is 13.8 Å². The summed E-state index contributed by atoms with van der Waals surface area (Å²) in [6.45, 7) is 1.76. The minimum atomic E-state index is -1.63. The van der Waals surface area contributed by atoms with Crippen molar-refractivity contribution in [3.63, 3.8) is 0 Å². The van der Waals surface area contributed by atoms with E-state index in [4.69, 9.17) is 25.8 Å². The molecule has 4 rings (SSSR count). The third kappa shape index (κ3) is 3.46. The summed E-state index contributed by atoms with van der Waals surface area (Å²) in [6, 6.07) is 10.8. The summed E-state index contributed by atoms with van der Waals surface area (Å²) in [7, 11) is 1.25. The van der Waals surface area contributed by atoms with Crippen molar-refractivity contribution < 1.29 is 28.0 Å². The number of carbonyl (C=O) groups excluding carboxylic acids is 2. The monoisotopic (exact) mass is 460 g/mol. The van der Waals surface area contributed by atoms with Crippen LogP contribution >= 0.6 is 11.6 Å². The van der Waals surface area contributed by atoms with Crippen molar-refractivity contribution in [1.82, 2.24) is 0 Å². The van der Waals surface area contributed by atoms with E-state index in [1.165, 1.54) is 26.4 Å². The predicted octanol–water partition coefficient (Wildman–Crippen LogP) is 4.11. The molecule has 162 valence electrons. The van der Waals surface area contributed by atoms with Gasteiger partial charge in [0, 0.05) is 18.4 Å². The van der Waals surface area contributed by atoms with Gasteiger partial charge in [-0.3, -0.25) is 13.8 Å². The first-order valence-electron chi connectivity index (χ1n) is 9.69. The quantitative estimate of drug-likeness (QED) is 0.668. The predicted molar refractivity (Wildman–Crippen MR) is 117 cm³/mol. The lowest BCUT2D eigenvalue weighted by Crippen LogP contribution is -2.48. The van der Waals surface area contributed by atoms with Crippen LogP contribution in [0.25, 0.3) is 0 Å². The molecule has 1 aliphatic carbocycles. The van der Waals surface area contributed by atoms with Crippen LogP contribution in [-0.4, -0.2) is 35.6 Å². The van der Waals surface area contributed by atoms with Crippen LogP contribution in [0.4, 0.5) is 0 Å². The number of rotatable bonds is 5. The van der Waals surface area contributed by atoms with Crippen LogP contribution in [0.5, 0.6) is 17.2 Å². The fraction of sp³-hybridized carbons (Fsp3) is 0.304. The topological polar surface area (TPSA) is 78.9 Å². The van der Waals surface area contributed by atoms with Crippen molar-refractivity contribution in [2.24, 2.45) is 5.92 Å². The highest BCUT2D eigenvalue weighted by atomic mass is 35.5. The van der Waals surface area contributed by atoms with Gasteiger partial charge in [-0.2, -0.15) is 0 Å². The number of allylic oxidation sites excluding steroid dienone is 1. The van der Waals surface area contributed by atoms with Gasteiger partial charge in [-0.25, -0.2) is 0 Å². The normalized spacial score (nSPS) is 23.2. The van der Waals surface area contributed by atoms with Crippen LogP contribution in [0.1, 0.15) is 29.3 Å². The smallest absolute Gasteiger partial charge is 0.218 e. The Morgan fingerprint density at radius 1 is 1.16 bits per heavy atom. The molecule has 2 aromatic carbocycles. The lowest BCUT2D eigenvalue weighted by molar-refractivity contribution is -0.117. The van der Waals surface area contributed by atoms with Crippen molar-refractivity contribution in [1.29, 1.82) is 0 Å². The van der Waals surface area contributed by atoms with Gasteiger partial charge in [-0.15, -0.1) is 0 Å². The van der Waals surface area contributed by atoms with Gasteiger partial charge in [0.25, 0.3) is 0 Å². The third-order valence-electron chi connectivity index (χ3n) is 5.67. The summed E-state index contributed by atoms with van der Waals surface area (Å²) in [5, 5.41) is 0.146. The van der Waals surface area contributed by atoms with Crippen LogP contribution in [0, 0.1) is 5.92 Å². The number of benzene rings is 2. The van der Waals surface area contributed by atoms with Crippen molar-refractivity contribution >= 4 is 34.0 Å². The second kappa shape index (κ2) is 8.13. The van der Waals surface area contributed by atoms with Gasteiger partial charge in [-0.1, -0.05) is 48.9 Å². The molecule has 0 saturated heterocycles. The van der Waals surface area contributed by atoms with E-state index in [1.807, 2.05) is 30.3 Å². The van der Waals surface area contributed by atoms with E-state index in [-0.39, 0.29) is 50.7 Å². The van der Waals surface area contributed by atoms with E-state index >= 15 is 0 Å². The zero-order valence-electron chi connectivity index (χ0n) is 17.3. The Labute approximate surface area is 187 Å². The molecule has 2 aliphatic rings. The fourth-order valence-electron chi connectivity index (χ4n) is 3.98. The van der Waals surface area contributed by atoms with Crippen LogP contribution < -0.4 is 14.2 Å². The van der Waals surface area contributed by atoms with Crippen LogP contribution in [-0.2, 0) is 21.3 Å². The van der Waals surface area contributed by atoms with Crippen LogP contribution in [0.3, 0.4) is 0 Å². The van der Waals surface area contributed by atoms with E-state index in [2.05, 4.69) is 0 Å². The highest BCUT2D eigenvalue weighted by Gasteiger charge is 2.56. The number of Topliss-reactive ketones (excluding diaryl/α,β-unsaturated/α-hetero) is 2. The fourth-order valence-corrected chi connectivity index (χ4v) is 5.54. The Hall–Kier alpha value is -2.64. The summed E-state index contributed by atoms with van der Waals surface area (Å²) < 4.78 is 29.9. The SMILES string of the molecule is COc1cc(OC)c2c(c1Cl)O[C@@]1(C=C(S(=O)Cc3ccccc3)C(=O)C[C@H]1C)C2=O. The molecule has 6 nitrogen and oxygen atoms in total. The third-order valence-corrected chi connectivity index (χ3v) is 7.46. The molecule has 1 spiro atoms. The Balaban J connectivity index is 1.80. The molecule has 31 heavy (non-hydrogen) atoms. The van der Waals surface area contributed by atoms with Gasteiger partial charge in [0.05, 0.1) is 35.7 Å². The summed E-state index contributed by atoms with van der Waals surface area (Å²) in [5.41, 5.74) is -0.459. The second-order valence-electron chi connectivity index (χ2n) is 7.54. The average Bonchev–Trinajstić information content (AvgIpc) is 3.06. The van der Waals surface area contributed by atoms with Crippen LogP contribution in [0.2, 0.25) is 5.02 Å². The minimum absolute atomic E-state index is 0.0309. The molecule has 1 aliphatic heterocycles. The van der Waals surface area contributed by atoms with E-state index < -0.39 is 22.3 Å². The summed E-state index contributed by atoms with van der Waals surface area (Å²) in [6.07, 6.45) is 1.45. The van der Waals surface area contributed by atoms with Gasteiger partial charge < -0.3 is 14.2 Å². The first kappa shape index (κ1) is 21.6. The lowest BCUT2D eigenvalue weighted by atomic mass is 9.77. The zero-order valence-corrected chi connectivity index (χ0v) is 18.8. The molecule has 8 heteroatoms. The molecule has 0 saturated carbocycles. The van der Waals surface area contributed by atoms with Gasteiger partial charge >= 0.3 is 0 Å². The Morgan fingerprint density at radius 2 is 1.84 bits per heavy atom. The van der Waals surface area contributed by atoms with Crippen molar-refractivity contribution in [2.75, 3.05) is 14.2 Å². The maximum absolute atomic E-state index is 13.6. The highest BCUT2D eigenvalue weighted by Crippen LogP contribution is 2.53. The van der Waals surface area contributed by atoms with Gasteiger partial charge in [-0.05, 0) is 11.6 Å². The van der Waals surface area contributed by atoms with E-state index in [0.717, 1.165) is 5.56 Å². The molecular weight excluding hydrogens is 440 g/mol. The molecule has 2 aromatic rings. The summed E-state index contributed by atoms with van der Waals surface area (Å²) in [4.78, 5) is 26.4. The number of ketones is 2. The first-order valence-corrected chi connectivity index (χ1v) is 11.4. The molecule has 1 heterocycles. The summed E-state index contributed by atoms with van der Waals surface area (Å²) >= 11 is 6.43. The molecule has 0 aromatic heterocycles. The molecule has 0 amide bonds. The van der Waals surface area contributed by atoms with E-state index in [1.54, 1.807) is 6.92 Å².